The van der Waals surface area contributed by atoms with Crippen molar-refractivity contribution in [2.24, 2.45) is 11.8 Å². The molecule has 0 unspecified atom stereocenters. The molecule has 18 heteroatoms. The molecule has 2 heterocycles. The van der Waals surface area contributed by atoms with Gasteiger partial charge in [0.15, 0.2) is 6.17 Å². The Morgan fingerprint density at radius 1 is 0.767 bits per heavy atom. The topological polar surface area (TPSA) is 243 Å². The second-order valence-corrected chi connectivity index (χ2v) is 15.6. The summed E-state index contributed by atoms with van der Waals surface area (Å²) >= 11 is 0. The number of benzene rings is 2. The maximum Gasteiger partial charge on any atom is 0.325 e. The van der Waals surface area contributed by atoms with Crippen LogP contribution < -0.4 is 31.9 Å². The molecular weight excluding hydrogens is 775 g/mol. The molecule has 3 aromatic rings. The van der Waals surface area contributed by atoms with Crippen molar-refractivity contribution < 1.29 is 42.7 Å². The van der Waals surface area contributed by atoms with Crippen molar-refractivity contribution in [3.05, 3.63) is 54.1 Å². The van der Waals surface area contributed by atoms with Crippen LogP contribution in [0.1, 0.15) is 72.3 Å². The first kappa shape index (κ1) is 46.4. The molecule has 4 rings (SSSR count). The van der Waals surface area contributed by atoms with Gasteiger partial charge in [-0.15, -0.1) is 10.2 Å². The molecule has 2 aromatic carbocycles. The SMILES string of the molecule is COC(=O)CNC(=O)[C@H](CCC(C)C)NC(=O)[C@@H](NC(=O)CNC(=O)[C@H](CC(C)C)NC(=O)[C@@H]1CCCN1C(C)=O)Nc1ccc(-c2nnc(-c3ccc(C)cc3)o2)cc1. The lowest BCUT2D eigenvalue weighted by Crippen LogP contribution is -2.58. The van der Waals surface area contributed by atoms with E-state index in [4.69, 9.17) is 4.42 Å². The molecule has 0 radical (unpaired) electrons. The average molecular weight is 832 g/mol. The van der Waals surface area contributed by atoms with Gasteiger partial charge < -0.3 is 46.0 Å². The van der Waals surface area contributed by atoms with Crippen molar-refractivity contribution in [2.45, 2.75) is 97.9 Å². The molecule has 0 saturated carbocycles. The maximum atomic E-state index is 13.9. The highest BCUT2D eigenvalue weighted by atomic mass is 16.5. The van der Waals surface area contributed by atoms with Gasteiger partial charge in [-0.1, -0.05) is 45.4 Å². The van der Waals surface area contributed by atoms with Gasteiger partial charge in [0.2, 0.25) is 41.3 Å². The smallest absolute Gasteiger partial charge is 0.325 e. The molecule has 0 aliphatic carbocycles. The number of carbonyl (C=O) groups excluding carboxylic acids is 7. The number of aromatic nitrogens is 2. The predicted molar refractivity (Wildman–Crippen MR) is 221 cm³/mol. The summed E-state index contributed by atoms with van der Waals surface area (Å²) < 4.78 is 10.5. The Morgan fingerprint density at radius 2 is 1.37 bits per heavy atom. The van der Waals surface area contributed by atoms with Gasteiger partial charge in [0, 0.05) is 30.3 Å². The molecule has 1 aliphatic heterocycles. The van der Waals surface area contributed by atoms with Gasteiger partial charge in [-0.3, -0.25) is 33.6 Å². The zero-order valence-electron chi connectivity index (χ0n) is 35.3. The van der Waals surface area contributed by atoms with Crippen molar-refractivity contribution in [1.29, 1.82) is 0 Å². The third-order valence-corrected chi connectivity index (χ3v) is 9.76. The normalized spacial score (nSPS) is 15.1. The zero-order valence-corrected chi connectivity index (χ0v) is 35.3. The van der Waals surface area contributed by atoms with Crippen LogP contribution in [0.25, 0.3) is 22.9 Å². The molecule has 1 saturated heterocycles. The van der Waals surface area contributed by atoms with Gasteiger partial charge in [0.1, 0.15) is 24.7 Å². The van der Waals surface area contributed by atoms with E-state index in [0.29, 0.717) is 42.9 Å². The molecule has 4 atom stereocenters. The summed E-state index contributed by atoms with van der Waals surface area (Å²) in [6.07, 6.45) is 0.720. The monoisotopic (exact) mass is 831 g/mol. The van der Waals surface area contributed by atoms with Crippen LogP contribution in [-0.2, 0) is 38.3 Å². The van der Waals surface area contributed by atoms with Crippen LogP contribution in [0.3, 0.4) is 0 Å². The van der Waals surface area contributed by atoms with E-state index in [1.165, 1.54) is 18.9 Å². The van der Waals surface area contributed by atoms with Gasteiger partial charge in [-0.05, 0) is 87.3 Å². The third-order valence-electron chi connectivity index (χ3n) is 9.76. The van der Waals surface area contributed by atoms with E-state index in [1.54, 1.807) is 24.3 Å². The zero-order chi connectivity index (χ0) is 43.9. The van der Waals surface area contributed by atoms with Crippen LogP contribution in [0.4, 0.5) is 5.69 Å². The first-order chi connectivity index (χ1) is 28.5. The van der Waals surface area contributed by atoms with Crippen molar-refractivity contribution in [3.8, 4) is 22.9 Å². The molecule has 6 amide bonds. The van der Waals surface area contributed by atoms with Crippen molar-refractivity contribution in [1.82, 2.24) is 41.7 Å². The summed E-state index contributed by atoms with van der Waals surface area (Å²) in [4.78, 5) is 92.4. The number of esters is 1. The Hall–Kier alpha value is -6.33. The van der Waals surface area contributed by atoms with E-state index in [9.17, 15) is 33.6 Å². The number of methoxy groups -OCH3 is 1. The number of nitrogens with zero attached hydrogens (tertiary/aromatic N) is 3. The number of amides is 6. The summed E-state index contributed by atoms with van der Waals surface area (Å²) in [6, 6.07) is 11.5. The molecule has 1 fully saturated rings. The van der Waals surface area contributed by atoms with Crippen molar-refractivity contribution in [2.75, 3.05) is 32.1 Å². The highest BCUT2D eigenvalue weighted by molar-refractivity contribution is 5.96. The van der Waals surface area contributed by atoms with E-state index in [-0.39, 0.29) is 36.5 Å². The second-order valence-electron chi connectivity index (χ2n) is 15.6. The van der Waals surface area contributed by atoms with E-state index in [2.05, 4.69) is 46.8 Å². The van der Waals surface area contributed by atoms with Crippen LogP contribution >= 0.6 is 0 Å². The highest BCUT2D eigenvalue weighted by Gasteiger charge is 2.35. The van der Waals surface area contributed by atoms with Crippen LogP contribution in [-0.4, -0.2) is 108 Å². The fourth-order valence-corrected chi connectivity index (χ4v) is 6.46. The van der Waals surface area contributed by atoms with Crippen LogP contribution in [0.15, 0.2) is 52.9 Å². The van der Waals surface area contributed by atoms with Crippen LogP contribution in [0.2, 0.25) is 0 Å². The van der Waals surface area contributed by atoms with Crippen LogP contribution in [0.5, 0.6) is 0 Å². The standard InChI is InChI=1S/C42H57N9O9/c1-24(2)10-19-31(37(55)44-23-35(54)59-7)46-40(58)36(45-30-17-15-29(16-18-30)42-50-49-41(60-42)28-13-11-26(5)12-14-28)48-34(53)22-43-38(56)32(21-25(3)4)47-39(57)33-9-8-20-51(33)27(6)52/h11-18,24-25,31-33,36,45H,8-10,19-23H2,1-7H3,(H,43,56)(H,44,55)(H,46,58)(H,47,57)(H,48,53)/t31-,32-,33-,36+/m0/s1. The largest absolute Gasteiger partial charge is 0.468 e. The minimum atomic E-state index is -1.46. The Kier molecular flexibility index (Phi) is 17.1. The van der Waals surface area contributed by atoms with Gasteiger partial charge in [0.05, 0.1) is 13.7 Å². The Balaban J connectivity index is 1.50. The van der Waals surface area contributed by atoms with Gasteiger partial charge in [0.25, 0.3) is 5.91 Å². The Labute approximate surface area is 349 Å². The minimum Gasteiger partial charge on any atom is -0.468 e. The molecule has 18 nitrogen and oxygen atoms in total. The molecule has 60 heavy (non-hydrogen) atoms. The summed E-state index contributed by atoms with van der Waals surface area (Å²) in [5.41, 5.74) is 2.82. The number of hydrogen-bond donors (Lipinski definition) is 6. The van der Waals surface area contributed by atoms with E-state index in [0.717, 1.165) is 11.1 Å². The summed E-state index contributed by atoms with van der Waals surface area (Å²) in [6.45, 7) is 10.5. The van der Waals surface area contributed by atoms with Crippen LogP contribution in [0, 0.1) is 18.8 Å². The first-order valence-electron chi connectivity index (χ1n) is 20.1. The number of nitrogens with one attached hydrogen (secondary N) is 6. The lowest BCUT2D eigenvalue weighted by molar-refractivity contribution is -0.141. The summed E-state index contributed by atoms with van der Waals surface area (Å²) in [7, 11) is 1.19. The number of carbonyl (C=O) groups is 7. The third kappa shape index (κ3) is 13.9. The number of ether oxygens (including phenoxy) is 1. The molecular formula is C42H57N9O9. The molecule has 1 aliphatic rings. The second kappa shape index (κ2) is 22.2. The fraction of sp³-hybridized carbons (Fsp3) is 0.500. The number of likely N-dealkylation sites (tertiary alicyclic amines) is 1. The summed E-state index contributed by atoms with van der Waals surface area (Å²) in [5, 5.41) is 24.4. The summed E-state index contributed by atoms with van der Waals surface area (Å²) in [5.74, 6) is -3.37. The molecule has 0 spiro atoms. The van der Waals surface area contributed by atoms with Gasteiger partial charge in [-0.25, -0.2) is 0 Å². The van der Waals surface area contributed by atoms with Crippen molar-refractivity contribution in [3.63, 3.8) is 0 Å². The Bertz CT molecular complexity index is 1970. The van der Waals surface area contributed by atoms with E-state index < -0.39 is 72.9 Å². The highest BCUT2D eigenvalue weighted by Crippen LogP contribution is 2.25. The first-order valence-corrected chi connectivity index (χ1v) is 20.1. The predicted octanol–water partition coefficient (Wildman–Crippen LogP) is 2.43. The minimum absolute atomic E-state index is 0.00504. The lowest BCUT2D eigenvalue weighted by Gasteiger charge is -2.26. The average Bonchev–Trinajstić information content (AvgIpc) is 3.92. The number of anilines is 1. The fourth-order valence-electron chi connectivity index (χ4n) is 6.46. The quantitative estimate of drug-likeness (QED) is 0.0711. The number of rotatable bonds is 20. The number of aryl methyl sites for hydroxylation is 1. The molecule has 6 N–H and O–H groups in total. The maximum absolute atomic E-state index is 13.9. The lowest BCUT2D eigenvalue weighted by atomic mass is 10.0. The number of hydrogen-bond acceptors (Lipinski definition) is 12. The van der Waals surface area contributed by atoms with E-state index >= 15 is 0 Å². The van der Waals surface area contributed by atoms with E-state index in [1.807, 2.05) is 58.9 Å². The van der Waals surface area contributed by atoms with Crippen molar-refractivity contribution >= 4 is 47.1 Å². The molecule has 0 bridgehead atoms. The van der Waals surface area contributed by atoms with Gasteiger partial charge in [-0.2, -0.15) is 0 Å². The molecule has 324 valence electrons. The molecule has 1 aromatic heterocycles. The van der Waals surface area contributed by atoms with Gasteiger partial charge >= 0.3 is 5.97 Å². The Morgan fingerprint density at radius 3 is 1.95 bits per heavy atom.